The van der Waals surface area contributed by atoms with Gasteiger partial charge in [-0.15, -0.1) is 0 Å². The first-order valence-corrected chi connectivity index (χ1v) is 9.68. The second kappa shape index (κ2) is 7.51. The average molecular weight is 364 g/mol. The van der Waals surface area contributed by atoms with Gasteiger partial charge in [0, 0.05) is 11.4 Å². The van der Waals surface area contributed by atoms with Gasteiger partial charge in [-0.05, 0) is 46.9 Å². The summed E-state index contributed by atoms with van der Waals surface area (Å²) in [5.41, 5.74) is 3.85. The van der Waals surface area contributed by atoms with Crippen LogP contribution in [0, 0.1) is 0 Å². The van der Waals surface area contributed by atoms with Crippen LogP contribution in [0.5, 0.6) is 0 Å². The van der Waals surface area contributed by atoms with Crippen molar-refractivity contribution in [2.24, 2.45) is 0 Å². The molecule has 2 nitrogen and oxygen atoms in total. The van der Waals surface area contributed by atoms with Gasteiger partial charge in [-0.2, -0.15) is 0 Å². The summed E-state index contributed by atoms with van der Waals surface area (Å²) in [6.45, 7) is 2.10. The lowest BCUT2D eigenvalue weighted by molar-refractivity contribution is -0.503. The van der Waals surface area contributed by atoms with Crippen molar-refractivity contribution < 1.29 is 4.58 Å². The molecular formula is C23H24ClN2+. The van der Waals surface area contributed by atoms with E-state index in [2.05, 4.69) is 71.5 Å². The molecule has 3 aromatic rings. The second-order valence-electron chi connectivity index (χ2n) is 6.95. The molecule has 0 amide bonds. The molecular weight excluding hydrogens is 340 g/mol. The third kappa shape index (κ3) is 3.34. The van der Waals surface area contributed by atoms with Crippen LogP contribution in [-0.2, 0) is 12.8 Å². The van der Waals surface area contributed by atoms with Crippen LogP contribution in [0.1, 0.15) is 23.1 Å². The first-order valence-electron chi connectivity index (χ1n) is 9.30. The Hall–Kier alpha value is -2.32. The van der Waals surface area contributed by atoms with Crippen LogP contribution in [0.25, 0.3) is 10.8 Å². The van der Waals surface area contributed by atoms with Gasteiger partial charge in [-0.25, -0.2) is 0 Å². The van der Waals surface area contributed by atoms with Gasteiger partial charge in [0.25, 0.3) is 5.84 Å². The molecule has 0 saturated heterocycles. The smallest absolute Gasteiger partial charge is 0.274 e. The fourth-order valence-corrected chi connectivity index (χ4v) is 4.14. The number of nitrogens with zero attached hydrogens (tertiary/aromatic N) is 1. The van der Waals surface area contributed by atoms with Crippen molar-refractivity contribution in [1.29, 1.82) is 0 Å². The Morgan fingerprint density at radius 3 is 2.65 bits per heavy atom. The summed E-state index contributed by atoms with van der Waals surface area (Å²) >= 11 is 6.62. The van der Waals surface area contributed by atoms with Gasteiger partial charge < -0.3 is 0 Å². The molecule has 0 atom stereocenters. The van der Waals surface area contributed by atoms with Crippen LogP contribution >= 0.6 is 11.6 Å². The molecule has 0 radical (unpaired) electrons. The molecule has 132 valence electrons. The zero-order valence-electron chi connectivity index (χ0n) is 15.1. The van der Waals surface area contributed by atoms with E-state index < -0.39 is 0 Å². The van der Waals surface area contributed by atoms with Gasteiger partial charge in [0.1, 0.15) is 0 Å². The van der Waals surface area contributed by atoms with Gasteiger partial charge >= 0.3 is 0 Å². The maximum atomic E-state index is 6.62. The van der Waals surface area contributed by atoms with E-state index in [1.165, 1.54) is 39.7 Å². The van der Waals surface area contributed by atoms with Crippen LogP contribution < -0.4 is 5.32 Å². The molecule has 4 rings (SSSR count). The lowest BCUT2D eigenvalue weighted by Gasteiger charge is -2.18. The Bertz CT molecular complexity index is 970. The molecule has 0 unspecified atom stereocenters. The number of amidine groups is 1. The van der Waals surface area contributed by atoms with E-state index in [0.29, 0.717) is 0 Å². The normalized spacial score (nSPS) is 14.5. The quantitative estimate of drug-likeness (QED) is 0.666. The summed E-state index contributed by atoms with van der Waals surface area (Å²) in [5.74, 6) is 1.20. The predicted octanol–water partition coefficient (Wildman–Crippen LogP) is 4.66. The number of halogens is 1. The Labute approximate surface area is 160 Å². The van der Waals surface area contributed by atoms with Crippen LogP contribution in [0.3, 0.4) is 0 Å². The summed E-state index contributed by atoms with van der Waals surface area (Å²) in [6.07, 6.45) is 3.09. The highest BCUT2D eigenvalue weighted by molar-refractivity contribution is 6.31. The average Bonchev–Trinajstić information content (AvgIpc) is 2.67. The van der Waals surface area contributed by atoms with E-state index in [1.54, 1.807) is 0 Å². The molecule has 1 aliphatic heterocycles. The molecule has 0 fully saturated rings. The Balaban J connectivity index is 1.68. The van der Waals surface area contributed by atoms with Crippen molar-refractivity contribution in [3.8, 4) is 0 Å². The lowest BCUT2D eigenvalue weighted by Crippen LogP contribution is -2.40. The van der Waals surface area contributed by atoms with Crippen molar-refractivity contribution in [3.05, 3.63) is 82.4 Å². The third-order valence-electron chi connectivity index (χ3n) is 5.24. The molecule has 0 aromatic heterocycles. The fraction of sp³-hybridized carbons (Fsp3) is 0.261. The van der Waals surface area contributed by atoms with Crippen molar-refractivity contribution in [2.45, 2.75) is 19.3 Å². The third-order valence-corrected chi connectivity index (χ3v) is 5.60. The summed E-state index contributed by atoms with van der Waals surface area (Å²) < 4.78 is 2.30. The number of fused-ring (bicyclic) bond motifs is 1. The molecule has 3 aromatic carbocycles. The Morgan fingerprint density at radius 1 is 0.962 bits per heavy atom. The highest BCUT2D eigenvalue weighted by Crippen LogP contribution is 2.25. The molecule has 26 heavy (non-hydrogen) atoms. The molecule has 0 bridgehead atoms. The lowest BCUT2D eigenvalue weighted by atomic mass is 9.95. The molecule has 0 aliphatic carbocycles. The second-order valence-corrected chi connectivity index (χ2v) is 7.36. The van der Waals surface area contributed by atoms with Crippen LogP contribution in [0.4, 0.5) is 0 Å². The molecule has 1 heterocycles. The van der Waals surface area contributed by atoms with Gasteiger partial charge in [0.05, 0.1) is 25.7 Å². The standard InChI is InChI=1S/C23H23ClN2/c1-26-16-6-15-25-23(26)21-11-5-12-22(24)20(21)14-13-18-9-4-8-17-7-2-3-10-19(17)18/h2-5,7-12H,6,13-16H2,1H3/p+1. The zero-order valence-corrected chi connectivity index (χ0v) is 15.9. The van der Waals surface area contributed by atoms with Crippen LogP contribution in [0.15, 0.2) is 60.7 Å². The van der Waals surface area contributed by atoms with Crippen LogP contribution in [-0.4, -0.2) is 30.5 Å². The van der Waals surface area contributed by atoms with Crippen molar-refractivity contribution >= 4 is 28.2 Å². The number of benzene rings is 3. The predicted molar refractivity (Wildman–Crippen MR) is 111 cm³/mol. The minimum Gasteiger partial charge on any atom is -0.274 e. The van der Waals surface area contributed by atoms with Gasteiger partial charge in [0.2, 0.25) is 0 Å². The maximum absolute atomic E-state index is 6.62. The van der Waals surface area contributed by atoms with Crippen LogP contribution in [0.2, 0.25) is 5.02 Å². The fourth-order valence-electron chi connectivity index (χ4n) is 3.88. The first kappa shape index (κ1) is 17.1. The molecule has 1 aliphatic rings. The van der Waals surface area contributed by atoms with E-state index in [1.807, 2.05) is 6.07 Å². The number of nitrogens with one attached hydrogen (secondary N) is 1. The molecule has 3 heteroatoms. The van der Waals surface area contributed by atoms with Gasteiger partial charge in [0.15, 0.2) is 0 Å². The summed E-state index contributed by atoms with van der Waals surface area (Å²) in [5, 5.41) is 7.06. The summed E-state index contributed by atoms with van der Waals surface area (Å²) in [7, 11) is 2.15. The van der Waals surface area contributed by atoms with E-state index in [0.717, 1.165) is 31.0 Å². The van der Waals surface area contributed by atoms with E-state index in [9.17, 15) is 0 Å². The zero-order chi connectivity index (χ0) is 17.9. The number of rotatable bonds is 4. The maximum Gasteiger partial charge on any atom is 0.277 e. The van der Waals surface area contributed by atoms with E-state index in [-0.39, 0.29) is 0 Å². The van der Waals surface area contributed by atoms with Gasteiger partial charge in [-0.3, -0.25) is 9.89 Å². The summed E-state index contributed by atoms with van der Waals surface area (Å²) in [4.78, 5) is 0. The largest absolute Gasteiger partial charge is 0.277 e. The number of hydrogen-bond acceptors (Lipinski definition) is 1. The van der Waals surface area contributed by atoms with E-state index >= 15 is 0 Å². The monoisotopic (exact) mass is 363 g/mol. The topological polar surface area (TPSA) is 15.0 Å². The number of hydrogen-bond donors (Lipinski definition) is 1. The minimum absolute atomic E-state index is 0.857. The Kier molecular flexibility index (Phi) is 4.94. The van der Waals surface area contributed by atoms with Crippen molar-refractivity contribution in [1.82, 2.24) is 5.32 Å². The van der Waals surface area contributed by atoms with E-state index in [4.69, 9.17) is 11.6 Å². The molecule has 0 saturated carbocycles. The van der Waals surface area contributed by atoms with Gasteiger partial charge in [-0.1, -0.05) is 60.1 Å². The first-order chi connectivity index (χ1) is 12.7. The number of aryl methyl sites for hydroxylation is 1. The van der Waals surface area contributed by atoms with Crippen molar-refractivity contribution in [3.63, 3.8) is 0 Å². The Morgan fingerprint density at radius 2 is 1.77 bits per heavy atom. The summed E-state index contributed by atoms with van der Waals surface area (Å²) in [6, 6.07) is 21.4. The molecule has 0 spiro atoms. The highest BCUT2D eigenvalue weighted by atomic mass is 35.5. The SMILES string of the molecule is C[N+]1=C(c2cccc(Cl)c2CCc2cccc3ccccc23)NCCC1. The highest BCUT2D eigenvalue weighted by Gasteiger charge is 2.22. The molecule has 1 N–H and O–H groups in total. The minimum atomic E-state index is 0.857. The van der Waals surface area contributed by atoms with Crippen molar-refractivity contribution in [2.75, 3.05) is 20.1 Å².